The number of anilines is 1. The average Bonchev–Trinajstić information content (AvgIpc) is 3.21. The van der Waals surface area contributed by atoms with Crippen molar-refractivity contribution in [2.45, 2.75) is 26.5 Å². The highest BCUT2D eigenvalue weighted by molar-refractivity contribution is 6.02. The molecule has 0 unspecified atom stereocenters. The third-order valence-corrected chi connectivity index (χ3v) is 4.05. The second kappa shape index (κ2) is 9.54. The number of nitrogens with zero attached hydrogens (tertiary/aromatic N) is 3. The minimum Gasteiger partial charge on any atom is -0.493 e. The lowest BCUT2D eigenvalue weighted by atomic mass is 10.1. The first-order valence-electron chi connectivity index (χ1n) is 9.29. The van der Waals surface area contributed by atoms with Crippen molar-refractivity contribution >= 4 is 17.7 Å². The number of hydrogen-bond donors (Lipinski definition) is 1. The maximum absolute atomic E-state index is 12.4. The number of benzene rings is 2. The molecule has 3 rings (SSSR count). The molecule has 0 aliphatic rings. The zero-order valence-electron chi connectivity index (χ0n) is 16.7. The van der Waals surface area contributed by atoms with Crippen LogP contribution in [0.1, 0.15) is 25.0 Å². The van der Waals surface area contributed by atoms with Crippen LogP contribution in [-0.2, 0) is 11.3 Å². The summed E-state index contributed by atoms with van der Waals surface area (Å²) in [6.45, 7) is 4.44. The fourth-order valence-electron chi connectivity index (χ4n) is 2.75. The Balaban J connectivity index is 1.69. The topological polar surface area (TPSA) is 78.3 Å². The Bertz CT molecular complexity index is 981. The van der Waals surface area contributed by atoms with E-state index in [4.69, 9.17) is 9.47 Å². The molecular formula is C22H24N4O3. The highest BCUT2D eigenvalue weighted by Crippen LogP contribution is 2.29. The van der Waals surface area contributed by atoms with E-state index in [0.717, 1.165) is 16.8 Å². The van der Waals surface area contributed by atoms with Gasteiger partial charge in [-0.3, -0.25) is 4.79 Å². The van der Waals surface area contributed by atoms with Crippen molar-refractivity contribution in [3.8, 4) is 11.5 Å². The molecule has 7 nitrogen and oxygen atoms in total. The van der Waals surface area contributed by atoms with Crippen LogP contribution in [0.4, 0.5) is 5.69 Å². The van der Waals surface area contributed by atoms with Crippen molar-refractivity contribution < 1.29 is 14.3 Å². The van der Waals surface area contributed by atoms with E-state index in [9.17, 15) is 4.79 Å². The van der Waals surface area contributed by atoms with Gasteiger partial charge in [-0.2, -0.15) is 5.10 Å². The van der Waals surface area contributed by atoms with Crippen molar-refractivity contribution in [3.05, 3.63) is 72.3 Å². The number of methoxy groups -OCH3 is 1. The normalized spacial score (nSPS) is 11.0. The maximum atomic E-state index is 12.4. The Labute approximate surface area is 170 Å². The monoisotopic (exact) mass is 392 g/mol. The molecule has 150 valence electrons. The predicted molar refractivity (Wildman–Crippen MR) is 112 cm³/mol. The van der Waals surface area contributed by atoms with Gasteiger partial charge in [0.25, 0.3) is 0 Å². The van der Waals surface area contributed by atoms with Crippen LogP contribution < -0.4 is 14.8 Å². The number of nitrogens with one attached hydrogen (secondary N) is 1. The summed E-state index contributed by atoms with van der Waals surface area (Å²) in [6.07, 6.45) is 6.39. The second-order valence-electron chi connectivity index (χ2n) is 6.65. The first-order valence-corrected chi connectivity index (χ1v) is 9.29. The molecule has 0 spiro atoms. The van der Waals surface area contributed by atoms with Gasteiger partial charge >= 0.3 is 0 Å². The van der Waals surface area contributed by atoms with Crippen molar-refractivity contribution in [1.29, 1.82) is 0 Å². The number of amides is 1. The number of ether oxygens (including phenoxy) is 2. The lowest BCUT2D eigenvalue weighted by molar-refractivity contribution is -0.111. The smallest absolute Gasteiger partial charge is 0.248 e. The number of rotatable bonds is 8. The Morgan fingerprint density at radius 3 is 2.76 bits per heavy atom. The Morgan fingerprint density at radius 2 is 2.03 bits per heavy atom. The summed E-state index contributed by atoms with van der Waals surface area (Å²) in [5.41, 5.74) is 2.51. The molecule has 29 heavy (non-hydrogen) atoms. The Kier molecular flexibility index (Phi) is 6.63. The van der Waals surface area contributed by atoms with Crippen LogP contribution in [-0.4, -0.2) is 33.9 Å². The van der Waals surface area contributed by atoms with Crippen LogP contribution in [0.25, 0.3) is 6.08 Å². The number of carbonyl (C=O) groups is 1. The summed E-state index contributed by atoms with van der Waals surface area (Å²) in [7, 11) is 1.59. The van der Waals surface area contributed by atoms with E-state index >= 15 is 0 Å². The van der Waals surface area contributed by atoms with Crippen molar-refractivity contribution in [3.63, 3.8) is 0 Å². The van der Waals surface area contributed by atoms with Crippen molar-refractivity contribution in [2.75, 3.05) is 12.4 Å². The van der Waals surface area contributed by atoms with Crippen molar-refractivity contribution in [1.82, 2.24) is 14.8 Å². The van der Waals surface area contributed by atoms with E-state index in [-0.39, 0.29) is 12.0 Å². The number of para-hydroxylation sites is 1. The van der Waals surface area contributed by atoms with Crippen LogP contribution in [0.5, 0.6) is 11.5 Å². The van der Waals surface area contributed by atoms with Gasteiger partial charge in [0.1, 0.15) is 12.7 Å². The molecule has 0 radical (unpaired) electrons. The lowest BCUT2D eigenvalue weighted by Crippen LogP contribution is -2.11. The fraction of sp³-hybridized carbons (Fsp3) is 0.227. The maximum Gasteiger partial charge on any atom is 0.248 e. The summed E-state index contributed by atoms with van der Waals surface area (Å²) >= 11 is 0. The van der Waals surface area contributed by atoms with Crippen LogP contribution in [0.3, 0.4) is 0 Å². The molecule has 1 heterocycles. The molecule has 3 aromatic rings. The summed E-state index contributed by atoms with van der Waals surface area (Å²) in [4.78, 5) is 16.4. The average molecular weight is 392 g/mol. The summed E-state index contributed by atoms with van der Waals surface area (Å²) in [6, 6.07) is 13.2. The van der Waals surface area contributed by atoms with Crippen molar-refractivity contribution in [2.24, 2.45) is 0 Å². The first-order chi connectivity index (χ1) is 14.0. The van der Waals surface area contributed by atoms with E-state index in [0.29, 0.717) is 18.0 Å². The van der Waals surface area contributed by atoms with Gasteiger partial charge in [-0.1, -0.05) is 24.3 Å². The number of carbonyl (C=O) groups excluding carboxylic acids is 1. The summed E-state index contributed by atoms with van der Waals surface area (Å²) in [5, 5.41) is 7.02. The number of aromatic nitrogens is 3. The zero-order valence-corrected chi connectivity index (χ0v) is 16.7. The highest BCUT2D eigenvalue weighted by atomic mass is 16.5. The lowest BCUT2D eigenvalue weighted by Gasteiger charge is -2.13. The molecule has 7 heteroatoms. The fourth-order valence-corrected chi connectivity index (χ4v) is 2.75. The molecule has 1 amide bonds. The molecule has 2 aromatic carbocycles. The third kappa shape index (κ3) is 5.68. The van der Waals surface area contributed by atoms with Gasteiger partial charge in [-0.15, -0.1) is 0 Å². The molecule has 1 N–H and O–H groups in total. The van der Waals surface area contributed by atoms with E-state index in [2.05, 4.69) is 15.4 Å². The summed E-state index contributed by atoms with van der Waals surface area (Å²) in [5.74, 6) is 1.07. The second-order valence-corrected chi connectivity index (χ2v) is 6.65. The van der Waals surface area contributed by atoms with Crippen LogP contribution >= 0.6 is 0 Å². The Hall–Kier alpha value is -3.61. The van der Waals surface area contributed by atoms with Gasteiger partial charge in [-0.25, -0.2) is 9.67 Å². The van der Waals surface area contributed by atoms with Gasteiger partial charge in [0.2, 0.25) is 5.91 Å². The van der Waals surface area contributed by atoms with E-state index < -0.39 is 0 Å². The minimum atomic E-state index is -0.225. The largest absolute Gasteiger partial charge is 0.493 e. The highest BCUT2D eigenvalue weighted by Gasteiger charge is 2.08. The number of hydrogen-bond acceptors (Lipinski definition) is 5. The Morgan fingerprint density at radius 1 is 1.21 bits per heavy atom. The molecule has 0 bridgehead atoms. The molecule has 0 saturated carbocycles. The van der Waals surface area contributed by atoms with E-state index in [1.165, 1.54) is 12.4 Å². The van der Waals surface area contributed by atoms with Gasteiger partial charge in [-0.05, 0) is 49.2 Å². The predicted octanol–water partition coefficient (Wildman–Crippen LogP) is 3.77. The molecular weight excluding hydrogens is 368 g/mol. The van der Waals surface area contributed by atoms with Gasteiger partial charge < -0.3 is 14.8 Å². The van der Waals surface area contributed by atoms with Gasteiger partial charge in [0.15, 0.2) is 11.5 Å². The zero-order chi connectivity index (χ0) is 20.6. The SMILES string of the molecule is COc1cc(C=CC(=O)Nc2ccccc2Cn2cncn2)ccc1OC(C)C. The molecule has 0 aliphatic carbocycles. The van der Waals surface area contributed by atoms with Crippen LogP contribution in [0.2, 0.25) is 0 Å². The minimum absolute atomic E-state index is 0.0497. The molecule has 0 saturated heterocycles. The van der Waals surface area contributed by atoms with Gasteiger partial charge in [0, 0.05) is 11.8 Å². The molecule has 1 aromatic heterocycles. The van der Waals surface area contributed by atoms with E-state index in [1.807, 2.05) is 56.3 Å². The van der Waals surface area contributed by atoms with Crippen LogP contribution in [0, 0.1) is 0 Å². The van der Waals surface area contributed by atoms with E-state index in [1.54, 1.807) is 24.2 Å². The standard InChI is InChI=1S/C22H24N4O3/c1-16(2)29-20-10-8-17(12-21(20)28-3)9-11-22(27)25-19-7-5-4-6-18(19)13-26-15-23-14-24-26/h4-12,14-16H,13H2,1-3H3,(H,25,27). The quantitative estimate of drug-likeness (QED) is 0.591. The van der Waals surface area contributed by atoms with Gasteiger partial charge in [0.05, 0.1) is 19.8 Å². The molecule has 0 atom stereocenters. The molecule has 0 fully saturated rings. The molecule has 0 aliphatic heterocycles. The first kappa shape index (κ1) is 20.1. The third-order valence-electron chi connectivity index (χ3n) is 4.05. The van der Waals surface area contributed by atoms with Crippen LogP contribution in [0.15, 0.2) is 61.2 Å². The summed E-state index contributed by atoms with van der Waals surface area (Å²) < 4.78 is 12.8.